The number of nitrogens with one attached hydrogen (secondary N) is 1. The summed E-state index contributed by atoms with van der Waals surface area (Å²) in [7, 11) is 0. The second-order valence-electron chi connectivity index (χ2n) is 4.79. The molecule has 6 heteroatoms. The first-order chi connectivity index (χ1) is 9.17. The Kier molecular flexibility index (Phi) is 4.42. The van der Waals surface area contributed by atoms with Gasteiger partial charge in [0.1, 0.15) is 6.54 Å². The van der Waals surface area contributed by atoms with Crippen LogP contribution in [-0.2, 0) is 11.3 Å². The van der Waals surface area contributed by atoms with E-state index in [1.165, 1.54) is 4.68 Å². The highest BCUT2D eigenvalue weighted by atomic mass is 16.1. The third-order valence-electron chi connectivity index (χ3n) is 3.22. The maximum atomic E-state index is 10.8. The van der Waals surface area contributed by atoms with Gasteiger partial charge in [0, 0.05) is 25.3 Å². The molecule has 0 unspecified atom stereocenters. The Morgan fingerprint density at radius 2 is 2.32 bits per heavy atom. The smallest absolute Gasteiger partial charge is 0.239 e. The SMILES string of the molecule is C#CCN1CCC(Nc2cnn(CC(N)=O)c2)CC1. The third kappa shape index (κ3) is 4.00. The average molecular weight is 261 g/mol. The van der Waals surface area contributed by atoms with Crippen molar-refractivity contribution in [1.82, 2.24) is 14.7 Å². The molecule has 102 valence electrons. The van der Waals surface area contributed by atoms with Gasteiger partial charge in [-0.3, -0.25) is 14.4 Å². The molecule has 1 fully saturated rings. The lowest BCUT2D eigenvalue weighted by Gasteiger charge is -2.31. The van der Waals surface area contributed by atoms with Crippen molar-refractivity contribution in [2.75, 3.05) is 25.0 Å². The number of nitrogens with two attached hydrogens (primary N) is 1. The van der Waals surface area contributed by atoms with Crippen LogP contribution in [0.1, 0.15) is 12.8 Å². The van der Waals surface area contributed by atoms with Crippen molar-refractivity contribution in [3.8, 4) is 12.3 Å². The molecule has 3 N–H and O–H groups in total. The number of likely N-dealkylation sites (tertiary alicyclic amines) is 1. The van der Waals surface area contributed by atoms with Crippen LogP contribution in [0.4, 0.5) is 5.69 Å². The van der Waals surface area contributed by atoms with Gasteiger partial charge in [-0.25, -0.2) is 0 Å². The molecule has 0 atom stereocenters. The molecule has 1 aliphatic rings. The molecule has 1 aromatic rings. The summed E-state index contributed by atoms with van der Waals surface area (Å²) in [4.78, 5) is 13.1. The van der Waals surface area contributed by atoms with E-state index >= 15 is 0 Å². The summed E-state index contributed by atoms with van der Waals surface area (Å²) < 4.78 is 1.54. The second-order valence-corrected chi connectivity index (χ2v) is 4.79. The van der Waals surface area contributed by atoms with Crippen LogP contribution in [0, 0.1) is 12.3 Å². The van der Waals surface area contributed by atoms with Crippen molar-refractivity contribution in [2.45, 2.75) is 25.4 Å². The van der Waals surface area contributed by atoms with Crippen molar-refractivity contribution in [3.05, 3.63) is 12.4 Å². The van der Waals surface area contributed by atoms with Crippen molar-refractivity contribution in [1.29, 1.82) is 0 Å². The number of amides is 1. The fourth-order valence-corrected chi connectivity index (χ4v) is 2.28. The van der Waals surface area contributed by atoms with Gasteiger partial charge < -0.3 is 11.1 Å². The Hall–Kier alpha value is -2.00. The minimum atomic E-state index is -0.391. The molecule has 0 aliphatic carbocycles. The minimum absolute atomic E-state index is 0.113. The summed E-state index contributed by atoms with van der Waals surface area (Å²) in [5, 5.41) is 7.51. The van der Waals surface area contributed by atoms with Crippen LogP contribution in [-0.4, -0.2) is 46.3 Å². The van der Waals surface area contributed by atoms with Crippen LogP contribution >= 0.6 is 0 Å². The first kappa shape index (κ1) is 13.4. The molecule has 2 rings (SSSR count). The van der Waals surface area contributed by atoms with Crippen molar-refractivity contribution in [2.24, 2.45) is 5.73 Å². The molecule has 1 amide bonds. The number of nitrogens with zero attached hydrogens (tertiary/aromatic N) is 3. The first-order valence-electron chi connectivity index (χ1n) is 6.40. The third-order valence-corrected chi connectivity index (χ3v) is 3.22. The van der Waals surface area contributed by atoms with Gasteiger partial charge in [0.15, 0.2) is 0 Å². The van der Waals surface area contributed by atoms with Gasteiger partial charge in [-0.2, -0.15) is 5.10 Å². The highest BCUT2D eigenvalue weighted by Gasteiger charge is 2.18. The Morgan fingerprint density at radius 3 is 2.95 bits per heavy atom. The number of terminal acetylenes is 1. The van der Waals surface area contributed by atoms with Gasteiger partial charge in [0.25, 0.3) is 0 Å². The molecule has 6 nitrogen and oxygen atoms in total. The van der Waals surface area contributed by atoms with E-state index in [1.54, 1.807) is 12.4 Å². The van der Waals surface area contributed by atoms with Crippen molar-refractivity contribution < 1.29 is 4.79 Å². The van der Waals surface area contributed by atoms with Crippen LogP contribution in [0.5, 0.6) is 0 Å². The van der Waals surface area contributed by atoms with E-state index in [1.807, 2.05) is 0 Å². The summed E-state index contributed by atoms with van der Waals surface area (Å²) >= 11 is 0. The van der Waals surface area contributed by atoms with E-state index < -0.39 is 5.91 Å². The zero-order chi connectivity index (χ0) is 13.7. The molecule has 2 heterocycles. The molecule has 0 bridgehead atoms. The summed E-state index contributed by atoms with van der Waals surface area (Å²) in [6.07, 6.45) is 10.9. The largest absolute Gasteiger partial charge is 0.380 e. The van der Waals surface area contributed by atoms with Gasteiger partial charge in [0.05, 0.1) is 18.4 Å². The topological polar surface area (TPSA) is 76.2 Å². The molecule has 0 spiro atoms. The zero-order valence-corrected chi connectivity index (χ0v) is 10.9. The Balaban J connectivity index is 1.81. The summed E-state index contributed by atoms with van der Waals surface area (Å²) in [5.74, 6) is 2.28. The zero-order valence-electron chi connectivity index (χ0n) is 10.9. The highest BCUT2D eigenvalue weighted by molar-refractivity contribution is 5.73. The Bertz CT molecular complexity index is 468. The molecule has 1 aromatic heterocycles. The Labute approximate surface area is 112 Å². The van der Waals surface area contributed by atoms with Gasteiger partial charge in [0.2, 0.25) is 5.91 Å². The van der Waals surface area contributed by atoms with Crippen molar-refractivity contribution in [3.63, 3.8) is 0 Å². The summed E-state index contributed by atoms with van der Waals surface area (Å²) in [5.41, 5.74) is 6.05. The monoisotopic (exact) mass is 261 g/mol. The number of rotatable bonds is 5. The van der Waals surface area contributed by atoms with E-state index in [-0.39, 0.29) is 6.54 Å². The summed E-state index contributed by atoms with van der Waals surface area (Å²) in [6, 6.07) is 0.431. The average Bonchev–Trinajstić information content (AvgIpc) is 2.78. The number of piperidine rings is 1. The molecule has 0 radical (unpaired) electrons. The van der Waals surface area contributed by atoms with E-state index in [0.717, 1.165) is 38.2 Å². The fourth-order valence-electron chi connectivity index (χ4n) is 2.28. The first-order valence-corrected chi connectivity index (χ1v) is 6.40. The second kappa shape index (κ2) is 6.25. The van der Waals surface area contributed by atoms with Gasteiger partial charge in [-0.05, 0) is 12.8 Å². The number of aromatic nitrogens is 2. The predicted octanol–water partition coefficient (Wildman–Crippen LogP) is -0.122. The quantitative estimate of drug-likeness (QED) is 0.724. The number of hydrogen-bond donors (Lipinski definition) is 2. The van der Waals surface area contributed by atoms with E-state index in [9.17, 15) is 4.79 Å². The van der Waals surface area contributed by atoms with E-state index in [2.05, 4.69) is 21.2 Å². The standard InChI is InChI=1S/C13H19N5O/c1-2-5-17-6-3-11(4-7-17)16-12-8-15-18(9-12)10-13(14)19/h1,8-9,11,16H,3-7,10H2,(H2,14,19). The molecule has 1 aliphatic heterocycles. The number of carbonyl (C=O) groups is 1. The van der Waals surface area contributed by atoms with Gasteiger partial charge in [-0.15, -0.1) is 6.42 Å². The summed E-state index contributed by atoms with van der Waals surface area (Å²) in [6.45, 7) is 2.86. The van der Waals surface area contributed by atoms with Crippen LogP contribution in [0.15, 0.2) is 12.4 Å². The van der Waals surface area contributed by atoms with E-state index in [0.29, 0.717) is 6.04 Å². The Morgan fingerprint density at radius 1 is 1.58 bits per heavy atom. The minimum Gasteiger partial charge on any atom is -0.380 e. The molecule has 19 heavy (non-hydrogen) atoms. The number of hydrogen-bond acceptors (Lipinski definition) is 4. The number of carbonyl (C=O) groups excluding carboxylic acids is 1. The molecular formula is C13H19N5O. The molecule has 0 saturated carbocycles. The van der Waals surface area contributed by atoms with Gasteiger partial charge in [-0.1, -0.05) is 5.92 Å². The van der Waals surface area contributed by atoms with Gasteiger partial charge >= 0.3 is 0 Å². The van der Waals surface area contributed by atoms with Crippen molar-refractivity contribution >= 4 is 11.6 Å². The lowest BCUT2D eigenvalue weighted by molar-refractivity contribution is -0.118. The van der Waals surface area contributed by atoms with Crippen LogP contribution in [0.3, 0.4) is 0 Å². The number of primary amides is 1. The maximum absolute atomic E-state index is 10.8. The van der Waals surface area contributed by atoms with Crippen LogP contribution in [0.2, 0.25) is 0 Å². The van der Waals surface area contributed by atoms with Crippen LogP contribution < -0.4 is 11.1 Å². The van der Waals surface area contributed by atoms with Crippen LogP contribution in [0.25, 0.3) is 0 Å². The molecule has 1 saturated heterocycles. The molecule has 0 aromatic carbocycles. The number of anilines is 1. The molecular weight excluding hydrogens is 242 g/mol. The predicted molar refractivity (Wildman–Crippen MR) is 73.3 cm³/mol. The van der Waals surface area contributed by atoms with E-state index in [4.69, 9.17) is 12.2 Å². The highest BCUT2D eigenvalue weighted by Crippen LogP contribution is 2.15. The lowest BCUT2D eigenvalue weighted by Crippen LogP contribution is -2.39. The fraction of sp³-hybridized carbons (Fsp3) is 0.538. The lowest BCUT2D eigenvalue weighted by atomic mass is 10.1. The normalized spacial score (nSPS) is 17.0. The maximum Gasteiger partial charge on any atom is 0.239 e.